The van der Waals surface area contributed by atoms with Crippen molar-refractivity contribution in [3.8, 4) is 11.5 Å². The van der Waals surface area contributed by atoms with Crippen molar-refractivity contribution in [1.82, 2.24) is 4.98 Å². The number of nitrogens with one attached hydrogen (secondary N) is 1. The quantitative estimate of drug-likeness (QED) is 0.654. The molecule has 0 saturated heterocycles. The molecular weight excluding hydrogens is 352 g/mol. The molecule has 3 aromatic rings. The smallest absolute Gasteiger partial charge is 0.263 e. The fourth-order valence-corrected chi connectivity index (χ4v) is 2.82. The molecule has 5 nitrogen and oxygen atoms in total. The number of pyridine rings is 1. The largest absolute Gasteiger partial charge is 0.487 e. The number of aromatic nitrogens is 1. The van der Waals surface area contributed by atoms with Crippen LogP contribution < -0.4 is 14.8 Å². The lowest BCUT2D eigenvalue weighted by Gasteiger charge is -2.17. The third-order valence-corrected chi connectivity index (χ3v) is 4.46. The third-order valence-electron chi connectivity index (χ3n) is 4.46. The topological polar surface area (TPSA) is 60.5 Å². The van der Waals surface area contributed by atoms with Gasteiger partial charge >= 0.3 is 0 Å². The second kappa shape index (κ2) is 9.04. The summed E-state index contributed by atoms with van der Waals surface area (Å²) in [5, 5.41) is 2.83. The lowest BCUT2D eigenvalue weighted by molar-refractivity contribution is -0.118. The number of aryl methyl sites for hydroxylation is 1. The normalized spacial score (nSPS) is 10.4. The first kappa shape index (κ1) is 19.4. The fraction of sp³-hybridized carbons (Fsp3) is 0.217. The molecular formula is C23H24N2O3. The van der Waals surface area contributed by atoms with Crippen LogP contribution in [-0.4, -0.2) is 17.5 Å². The van der Waals surface area contributed by atoms with Gasteiger partial charge < -0.3 is 14.8 Å². The molecule has 0 radical (unpaired) electrons. The number of para-hydroxylation sites is 1. The van der Waals surface area contributed by atoms with Gasteiger partial charge in [0, 0.05) is 0 Å². The predicted molar refractivity (Wildman–Crippen MR) is 110 cm³/mol. The highest BCUT2D eigenvalue weighted by Crippen LogP contribution is 2.29. The summed E-state index contributed by atoms with van der Waals surface area (Å²) in [4.78, 5) is 16.8. The Morgan fingerprint density at radius 3 is 2.21 bits per heavy atom. The van der Waals surface area contributed by atoms with Crippen LogP contribution in [0.2, 0.25) is 0 Å². The number of rotatable bonds is 7. The zero-order valence-electron chi connectivity index (χ0n) is 16.4. The zero-order valence-corrected chi connectivity index (χ0v) is 16.4. The number of hydrogen-bond acceptors (Lipinski definition) is 4. The molecule has 0 saturated carbocycles. The van der Waals surface area contributed by atoms with Gasteiger partial charge in [-0.2, -0.15) is 0 Å². The van der Waals surface area contributed by atoms with Crippen molar-refractivity contribution < 1.29 is 14.3 Å². The fourth-order valence-electron chi connectivity index (χ4n) is 2.82. The number of carbonyl (C=O) groups is 1. The Morgan fingerprint density at radius 1 is 0.893 bits per heavy atom. The number of anilines is 1. The molecule has 1 aromatic heterocycles. The Bertz CT molecular complexity index is 941. The first-order chi connectivity index (χ1) is 13.5. The second-order valence-corrected chi connectivity index (χ2v) is 6.55. The summed E-state index contributed by atoms with van der Waals surface area (Å²) in [5.41, 5.74) is 3.66. The van der Waals surface area contributed by atoms with Crippen molar-refractivity contribution >= 4 is 11.7 Å². The Kier molecular flexibility index (Phi) is 6.27. The highest BCUT2D eigenvalue weighted by atomic mass is 16.5. The van der Waals surface area contributed by atoms with E-state index in [1.54, 1.807) is 0 Å². The van der Waals surface area contributed by atoms with Crippen LogP contribution in [0.25, 0.3) is 0 Å². The molecule has 1 amide bonds. The average molecular weight is 376 g/mol. The minimum Gasteiger partial charge on any atom is -0.487 e. The van der Waals surface area contributed by atoms with Gasteiger partial charge in [0.15, 0.2) is 6.61 Å². The summed E-state index contributed by atoms with van der Waals surface area (Å²) in [6, 6.07) is 19.2. The van der Waals surface area contributed by atoms with Gasteiger partial charge in [0.25, 0.3) is 5.91 Å². The Hall–Kier alpha value is -3.34. The van der Waals surface area contributed by atoms with Crippen LogP contribution in [0.5, 0.6) is 11.5 Å². The molecule has 0 atom stereocenters. The van der Waals surface area contributed by atoms with Gasteiger partial charge in [0.05, 0.1) is 5.69 Å². The van der Waals surface area contributed by atoms with Gasteiger partial charge in [0.1, 0.15) is 23.9 Å². The molecule has 0 fully saturated rings. The van der Waals surface area contributed by atoms with E-state index in [-0.39, 0.29) is 12.5 Å². The number of ether oxygens (including phenoxy) is 2. The van der Waals surface area contributed by atoms with E-state index in [0.717, 1.165) is 28.1 Å². The van der Waals surface area contributed by atoms with Gasteiger partial charge in [-0.1, -0.05) is 48.5 Å². The van der Waals surface area contributed by atoms with Gasteiger partial charge in [0.2, 0.25) is 0 Å². The lowest BCUT2D eigenvalue weighted by Crippen LogP contribution is -2.22. The van der Waals surface area contributed by atoms with Gasteiger partial charge in [-0.05, 0) is 49.6 Å². The van der Waals surface area contributed by atoms with Crippen LogP contribution in [0.1, 0.15) is 22.4 Å². The second-order valence-electron chi connectivity index (χ2n) is 6.55. The average Bonchev–Trinajstić information content (AvgIpc) is 2.72. The Balaban J connectivity index is 1.66. The van der Waals surface area contributed by atoms with Crippen molar-refractivity contribution in [3.63, 3.8) is 0 Å². The predicted octanol–water partition coefficient (Wildman–Crippen LogP) is 4.60. The molecule has 144 valence electrons. The molecule has 0 bridgehead atoms. The molecule has 1 heterocycles. The highest BCUT2D eigenvalue weighted by Gasteiger charge is 2.15. The first-order valence-electron chi connectivity index (χ1n) is 9.17. The number of nitrogens with zero attached hydrogens (tertiary/aromatic N) is 1. The Morgan fingerprint density at radius 2 is 1.54 bits per heavy atom. The lowest BCUT2D eigenvalue weighted by atomic mass is 10.1. The number of benzene rings is 2. The summed E-state index contributed by atoms with van der Waals surface area (Å²) >= 11 is 0. The van der Waals surface area contributed by atoms with Crippen LogP contribution in [0.15, 0.2) is 60.7 Å². The van der Waals surface area contributed by atoms with Crippen LogP contribution in [0.3, 0.4) is 0 Å². The summed E-state index contributed by atoms with van der Waals surface area (Å²) in [6.07, 6.45) is 0. The van der Waals surface area contributed by atoms with Gasteiger partial charge in [-0.25, -0.2) is 4.98 Å². The van der Waals surface area contributed by atoms with Crippen LogP contribution in [-0.2, 0) is 11.4 Å². The maximum atomic E-state index is 12.2. The number of carbonyl (C=O) groups excluding carboxylic acids is 1. The van der Waals surface area contributed by atoms with Crippen LogP contribution in [0, 0.1) is 20.8 Å². The molecule has 5 heteroatoms. The van der Waals surface area contributed by atoms with E-state index in [2.05, 4.69) is 10.3 Å². The molecule has 3 rings (SSSR count). The monoisotopic (exact) mass is 376 g/mol. The van der Waals surface area contributed by atoms with Crippen molar-refractivity contribution in [3.05, 3.63) is 83.0 Å². The highest BCUT2D eigenvalue weighted by molar-refractivity contribution is 5.92. The molecule has 0 aliphatic heterocycles. The van der Waals surface area contributed by atoms with E-state index >= 15 is 0 Å². The Labute approximate surface area is 165 Å². The molecule has 1 N–H and O–H groups in total. The molecule has 0 aliphatic rings. The minimum atomic E-state index is -0.254. The first-order valence-corrected chi connectivity index (χ1v) is 9.17. The van der Waals surface area contributed by atoms with E-state index in [4.69, 9.17) is 9.47 Å². The summed E-state index contributed by atoms with van der Waals surface area (Å²) in [5.74, 6) is 1.68. The SMILES string of the molecule is Cc1nc(NC(=O)COc2ccccc2)c(C)c(C)c1OCc1ccccc1. The van der Waals surface area contributed by atoms with E-state index in [1.807, 2.05) is 81.4 Å². The van der Waals surface area contributed by atoms with Crippen molar-refractivity contribution in [2.45, 2.75) is 27.4 Å². The van der Waals surface area contributed by atoms with Crippen molar-refractivity contribution in [1.29, 1.82) is 0 Å². The zero-order chi connectivity index (χ0) is 19.9. The van der Waals surface area contributed by atoms with Crippen LogP contribution >= 0.6 is 0 Å². The van der Waals surface area contributed by atoms with E-state index in [0.29, 0.717) is 18.2 Å². The summed E-state index contributed by atoms with van der Waals surface area (Å²) in [6.45, 7) is 6.17. The van der Waals surface area contributed by atoms with E-state index in [1.165, 1.54) is 0 Å². The minimum absolute atomic E-state index is 0.0739. The number of hydrogen-bond donors (Lipinski definition) is 1. The molecule has 0 spiro atoms. The van der Waals surface area contributed by atoms with Gasteiger partial charge in [-0.15, -0.1) is 0 Å². The molecule has 2 aromatic carbocycles. The standard InChI is InChI=1S/C23H24N2O3/c1-16-17(2)23(25-21(26)15-27-20-12-8-5-9-13-20)24-18(3)22(16)28-14-19-10-6-4-7-11-19/h4-13H,14-15H2,1-3H3,(H,24,25,26). The van der Waals surface area contributed by atoms with Crippen molar-refractivity contribution in [2.24, 2.45) is 0 Å². The number of amides is 1. The molecule has 0 aliphatic carbocycles. The maximum absolute atomic E-state index is 12.2. The van der Waals surface area contributed by atoms with E-state index in [9.17, 15) is 4.79 Å². The maximum Gasteiger partial charge on any atom is 0.263 e. The molecule has 28 heavy (non-hydrogen) atoms. The van der Waals surface area contributed by atoms with Crippen LogP contribution in [0.4, 0.5) is 5.82 Å². The van der Waals surface area contributed by atoms with Crippen molar-refractivity contribution in [2.75, 3.05) is 11.9 Å². The summed E-state index contributed by atoms with van der Waals surface area (Å²) in [7, 11) is 0. The third kappa shape index (κ3) is 4.88. The summed E-state index contributed by atoms with van der Waals surface area (Å²) < 4.78 is 11.5. The van der Waals surface area contributed by atoms with E-state index < -0.39 is 0 Å². The van der Waals surface area contributed by atoms with Gasteiger partial charge in [-0.3, -0.25) is 4.79 Å². The molecule has 0 unspecified atom stereocenters.